The number of aryl methyl sites for hydroxylation is 2. The second-order valence-corrected chi connectivity index (χ2v) is 4.70. The molecular weight excluding hydrogens is 236 g/mol. The summed E-state index contributed by atoms with van der Waals surface area (Å²) in [5, 5.41) is 11.5. The molecule has 0 bridgehead atoms. The van der Waals surface area contributed by atoms with E-state index in [2.05, 4.69) is 52.9 Å². The van der Waals surface area contributed by atoms with E-state index in [-0.39, 0.29) is 0 Å². The number of hydrogen-bond acceptors (Lipinski definition) is 3. The van der Waals surface area contributed by atoms with Gasteiger partial charge in [-0.05, 0) is 31.4 Å². The molecule has 102 valence electrons. The van der Waals surface area contributed by atoms with Gasteiger partial charge in [-0.15, -0.1) is 5.10 Å². The molecule has 1 aromatic carbocycles. The van der Waals surface area contributed by atoms with E-state index in [9.17, 15) is 0 Å². The van der Waals surface area contributed by atoms with Crippen LogP contribution in [0.25, 0.3) is 0 Å². The Hall–Kier alpha value is -1.68. The van der Waals surface area contributed by atoms with Crippen molar-refractivity contribution in [2.75, 3.05) is 6.54 Å². The molecule has 2 aromatic rings. The second-order valence-electron chi connectivity index (χ2n) is 4.70. The third-order valence-corrected chi connectivity index (χ3v) is 3.09. The number of aromatic nitrogens is 3. The Bertz CT molecular complexity index is 464. The van der Waals surface area contributed by atoms with Crippen LogP contribution in [-0.4, -0.2) is 21.5 Å². The molecule has 2 rings (SSSR count). The summed E-state index contributed by atoms with van der Waals surface area (Å²) in [6.45, 7) is 4.81. The van der Waals surface area contributed by atoms with E-state index in [1.165, 1.54) is 12.0 Å². The van der Waals surface area contributed by atoms with Gasteiger partial charge in [0.1, 0.15) is 0 Å². The third-order valence-electron chi connectivity index (χ3n) is 3.09. The minimum atomic E-state index is 0.806. The molecule has 1 N–H and O–H groups in total. The molecule has 19 heavy (non-hydrogen) atoms. The summed E-state index contributed by atoms with van der Waals surface area (Å²) in [7, 11) is 0. The number of unbranched alkanes of at least 4 members (excludes halogenated alkanes) is 1. The Labute approximate surface area is 114 Å². The van der Waals surface area contributed by atoms with Crippen LogP contribution in [0.2, 0.25) is 0 Å². The summed E-state index contributed by atoms with van der Waals surface area (Å²) < 4.78 is 1.94. The molecule has 0 atom stereocenters. The summed E-state index contributed by atoms with van der Waals surface area (Å²) >= 11 is 0. The number of hydrogen-bond donors (Lipinski definition) is 1. The summed E-state index contributed by atoms with van der Waals surface area (Å²) in [4.78, 5) is 0. The first-order chi connectivity index (χ1) is 9.38. The van der Waals surface area contributed by atoms with Crippen molar-refractivity contribution in [3.05, 3.63) is 47.8 Å². The fourth-order valence-electron chi connectivity index (χ4n) is 2.03. The van der Waals surface area contributed by atoms with Gasteiger partial charge in [-0.1, -0.05) is 42.5 Å². The van der Waals surface area contributed by atoms with Crippen LogP contribution in [0.1, 0.15) is 31.0 Å². The van der Waals surface area contributed by atoms with Crippen LogP contribution in [0, 0.1) is 0 Å². The van der Waals surface area contributed by atoms with Crippen molar-refractivity contribution >= 4 is 0 Å². The van der Waals surface area contributed by atoms with E-state index in [0.717, 1.165) is 38.2 Å². The second kappa shape index (κ2) is 7.69. The Kier molecular flexibility index (Phi) is 5.56. The Balaban J connectivity index is 1.66. The normalized spacial score (nSPS) is 10.8. The maximum atomic E-state index is 4.14. The molecule has 0 aliphatic rings. The molecule has 0 aliphatic carbocycles. The Morgan fingerprint density at radius 3 is 2.79 bits per heavy atom. The van der Waals surface area contributed by atoms with E-state index in [1.807, 2.05) is 10.9 Å². The molecule has 0 unspecified atom stereocenters. The molecule has 0 saturated carbocycles. The first-order valence-corrected chi connectivity index (χ1v) is 7.02. The molecule has 4 nitrogen and oxygen atoms in total. The van der Waals surface area contributed by atoms with Gasteiger partial charge in [0.05, 0.1) is 5.69 Å². The number of nitrogens with one attached hydrogen (secondary N) is 1. The van der Waals surface area contributed by atoms with Gasteiger partial charge in [-0.25, -0.2) is 0 Å². The van der Waals surface area contributed by atoms with Crippen LogP contribution >= 0.6 is 0 Å². The lowest BCUT2D eigenvalue weighted by Crippen LogP contribution is -2.11. The van der Waals surface area contributed by atoms with Crippen LogP contribution < -0.4 is 5.32 Å². The van der Waals surface area contributed by atoms with Crippen molar-refractivity contribution in [2.45, 2.75) is 39.3 Å². The highest BCUT2D eigenvalue weighted by Crippen LogP contribution is 2.05. The van der Waals surface area contributed by atoms with Crippen LogP contribution in [0.3, 0.4) is 0 Å². The van der Waals surface area contributed by atoms with Gasteiger partial charge in [0, 0.05) is 19.3 Å². The van der Waals surface area contributed by atoms with Gasteiger partial charge in [0.25, 0.3) is 0 Å². The van der Waals surface area contributed by atoms with Crippen LogP contribution in [0.4, 0.5) is 0 Å². The van der Waals surface area contributed by atoms with Crippen molar-refractivity contribution in [1.29, 1.82) is 0 Å². The molecule has 1 aromatic heterocycles. The van der Waals surface area contributed by atoms with Crippen molar-refractivity contribution in [2.24, 2.45) is 0 Å². The van der Waals surface area contributed by atoms with E-state index in [4.69, 9.17) is 0 Å². The molecule has 0 amide bonds. The van der Waals surface area contributed by atoms with E-state index in [0.29, 0.717) is 0 Å². The molecule has 0 spiro atoms. The van der Waals surface area contributed by atoms with Crippen molar-refractivity contribution in [3.8, 4) is 0 Å². The van der Waals surface area contributed by atoms with E-state index < -0.39 is 0 Å². The fourth-order valence-corrected chi connectivity index (χ4v) is 2.03. The zero-order chi connectivity index (χ0) is 13.3. The first kappa shape index (κ1) is 13.7. The largest absolute Gasteiger partial charge is 0.311 e. The molecule has 4 heteroatoms. The van der Waals surface area contributed by atoms with Crippen LogP contribution in [-0.2, 0) is 19.5 Å². The van der Waals surface area contributed by atoms with Crippen molar-refractivity contribution < 1.29 is 0 Å². The van der Waals surface area contributed by atoms with Gasteiger partial charge in [-0.2, -0.15) is 0 Å². The van der Waals surface area contributed by atoms with Crippen LogP contribution in [0.15, 0.2) is 36.5 Å². The Morgan fingerprint density at radius 2 is 2.00 bits per heavy atom. The average Bonchev–Trinajstić information content (AvgIpc) is 2.90. The van der Waals surface area contributed by atoms with E-state index in [1.54, 1.807) is 0 Å². The molecule has 1 heterocycles. The predicted molar refractivity (Wildman–Crippen MR) is 76.8 cm³/mol. The van der Waals surface area contributed by atoms with Gasteiger partial charge < -0.3 is 5.32 Å². The van der Waals surface area contributed by atoms with Gasteiger partial charge in [-0.3, -0.25) is 4.68 Å². The van der Waals surface area contributed by atoms with Crippen molar-refractivity contribution in [1.82, 2.24) is 20.3 Å². The highest BCUT2D eigenvalue weighted by Gasteiger charge is 2.00. The minimum absolute atomic E-state index is 0.806. The molecule has 0 radical (unpaired) electrons. The Morgan fingerprint density at radius 1 is 1.16 bits per heavy atom. The summed E-state index contributed by atoms with van der Waals surface area (Å²) in [6, 6.07) is 10.6. The van der Waals surface area contributed by atoms with Crippen LogP contribution in [0.5, 0.6) is 0 Å². The average molecular weight is 258 g/mol. The first-order valence-electron chi connectivity index (χ1n) is 7.02. The topological polar surface area (TPSA) is 42.7 Å². The summed E-state index contributed by atoms with van der Waals surface area (Å²) in [5.41, 5.74) is 2.43. The zero-order valence-corrected chi connectivity index (χ0v) is 11.5. The quantitative estimate of drug-likeness (QED) is 0.739. The fraction of sp³-hybridized carbons (Fsp3) is 0.467. The van der Waals surface area contributed by atoms with E-state index >= 15 is 0 Å². The molecule has 0 fully saturated rings. The lowest BCUT2D eigenvalue weighted by Gasteiger charge is -2.01. The summed E-state index contributed by atoms with van der Waals surface area (Å²) in [5.74, 6) is 0. The minimum Gasteiger partial charge on any atom is -0.311 e. The number of nitrogens with zero attached hydrogens (tertiary/aromatic N) is 3. The molecule has 0 saturated heterocycles. The monoisotopic (exact) mass is 258 g/mol. The van der Waals surface area contributed by atoms with Crippen molar-refractivity contribution in [3.63, 3.8) is 0 Å². The van der Waals surface area contributed by atoms with Gasteiger partial charge in [0.15, 0.2) is 0 Å². The standard InChI is InChI=1S/C15H22N4/c1-2-16-12-15-13-19(18-17-15)11-7-6-10-14-8-4-3-5-9-14/h3-5,8-9,13,16H,2,6-7,10-12H2,1H3. The summed E-state index contributed by atoms with van der Waals surface area (Å²) in [6.07, 6.45) is 5.50. The number of rotatable bonds is 8. The molecule has 0 aliphatic heterocycles. The smallest absolute Gasteiger partial charge is 0.0964 e. The van der Waals surface area contributed by atoms with Gasteiger partial charge in [0.2, 0.25) is 0 Å². The number of benzene rings is 1. The van der Waals surface area contributed by atoms with Gasteiger partial charge >= 0.3 is 0 Å². The third kappa shape index (κ3) is 4.83. The zero-order valence-electron chi connectivity index (χ0n) is 11.5. The lowest BCUT2D eigenvalue weighted by molar-refractivity contribution is 0.541. The highest BCUT2D eigenvalue weighted by atomic mass is 15.4. The maximum absolute atomic E-state index is 4.14. The maximum Gasteiger partial charge on any atom is 0.0964 e. The SMILES string of the molecule is CCNCc1cn(CCCCc2ccccc2)nn1. The molecular formula is C15H22N4. The lowest BCUT2D eigenvalue weighted by atomic mass is 10.1. The highest BCUT2D eigenvalue weighted by molar-refractivity contribution is 5.14. The predicted octanol–water partition coefficient (Wildman–Crippen LogP) is 2.41.